The third-order valence-electron chi connectivity index (χ3n) is 14.3. The fraction of sp³-hybridized carbons (Fsp3) is 0.804. The summed E-state index contributed by atoms with van der Waals surface area (Å²) < 4.78 is 58.0. The van der Waals surface area contributed by atoms with Crippen molar-refractivity contribution in [3.8, 4) is 0 Å². The molecule has 0 radical (unpaired) electrons. The van der Waals surface area contributed by atoms with Crippen LogP contribution >= 0.6 is 7.60 Å². The zero-order chi connectivity index (χ0) is 49.3. The van der Waals surface area contributed by atoms with Gasteiger partial charge in [-0.2, -0.15) is 8.78 Å². The molecule has 2 aliphatic rings. The van der Waals surface area contributed by atoms with Gasteiger partial charge in [-0.05, 0) is 70.4 Å². The number of nitrogens with zero attached hydrogens (tertiary/aromatic N) is 2. The van der Waals surface area contributed by atoms with Gasteiger partial charge in [-0.25, -0.2) is 0 Å². The summed E-state index contributed by atoms with van der Waals surface area (Å²) in [5.74, 6) is -0.761. The van der Waals surface area contributed by atoms with Crippen LogP contribution in [0.2, 0.25) is 0 Å². The van der Waals surface area contributed by atoms with E-state index < -0.39 is 36.8 Å². The van der Waals surface area contributed by atoms with Gasteiger partial charge in [-0.1, -0.05) is 205 Å². The van der Waals surface area contributed by atoms with E-state index in [-0.39, 0.29) is 31.1 Å². The average Bonchev–Trinajstić information content (AvgIpc) is 3.70. The maximum absolute atomic E-state index is 16.3. The number of carbonyl (C=O) groups excluding carboxylic acids is 3. The summed E-state index contributed by atoms with van der Waals surface area (Å²) >= 11 is 0. The highest BCUT2D eigenvalue weighted by molar-refractivity contribution is 7.54. The molecule has 2 fully saturated rings. The zero-order valence-corrected chi connectivity index (χ0v) is 44.3. The Morgan fingerprint density at radius 2 is 1.07 bits per heavy atom. The monoisotopic (exact) mass is 976 g/mol. The van der Waals surface area contributed by atoms with Crippen LogP contribution in [0.4, 0.5) is 8.78 Å². The number of rotatable bonds is 40. The first-order valence-corrected chi connectivity index (χ1v) is 29.5. The number of carbonyl (C=O) groups is 3. The van der Waals surface area contributed by atoms with Crippen molar-refractivity contribution in [3.05, 3.63) is 41.5 Å². The Bertz CT molecular complexity index is 1550. The fourth-order valence-electron chi connectivity index (χ4n) is 9.99. The lowest BCUT2D eigenvalue weighted by molar-refractivity contribution is -0.146. The molecule has 68 heavy (non-hydrogen) atoms. The van der Waals surface area contributed by atoms with Crippen LogP contribution in [0.25, 0.3) is 6.08 Å². The number of halogens is 2. The van der Waals surface area contributed by atoms with Crippen LogP contribution in [0.3, 0.4) is 0 Å². The van der Waals surface area contributed by atoms with Crippen LogP contribution in [0.1, 0.15) is 251 Å². The summed E-state index contributed by atoms with van der Waals surface area (Å²) in [5, 5.41) is 2.84. The van der Waals surface area contributed by atoms with Gasteiger partial charge in [0.05, 0.1) is 13.2 Å². The minimum Gasteiger partial charge on any atom is -0.341 e. The Labute approximate surface area is 413 Å². The molecular weight excluding hydrogens is 880 g/mol. The SMILES string of the molecule is CCCCCCCCCCCCCCCCOP(=O)(OCCCCCCCCCCCCCCCC)C(F)(F)c1ccc(/C=C/C(=O)N[C@H]2CCC[C@H]3CC[C@@H](C(=O)N(CC)CC)N3C2=O)cc1. The first-order valence-electron chi connectivity index (χ1n) is 28.0. The Morgan fingerprint density at radius 1 is 0.647 bits per heavy atom. The van der Waals surface area contributed by atoms with Crippen molar-refractivity contribution in [1.29, 1.82) is 0 Å². The molecular formula is C56H96F2N3O6P. The maximum atomic E-state index is 16.3. The summed E-state index contributed by atoms with van der Waals surface area (Å²) in [6, 6.07) is 4.04. The molecule has 390 valence electrons. The molecule has 2 aliphatic heterocycles. The molecule has 1 aromatic rings. The first-order chi connectivity index (χ1) is 33.0. The molecule has 1 aromatic carbocycles. The van der Waals surface area contributed by atoms with Crippen molar-refractivity contribution in [2.75, 3.05) is 26.3 Å². The molecule has 9 nitrogen and oxygen atoms in total. The van der Waals surface area contributed by atoms with Crippen molar-refractivity contribution < 1.29 is 36.8 Å². The highest BCUT2D eigenvalue weighted by Gasteiger charge is 2.55. The molecule has 12 heteroatoms. The van der Waals surface area contributed by atoms with Gasteiger partial charge in [-0.15, -0.1) is 0 Å². The fourth-order valence-corrected chi connectivity index (χ4v) is 11.6. The summed E-state index contributed by atoms with van der Waals surface area (Å²) in [6.07, 6.45) is 39.0. The van der Waals surface area contributed by atoms with Crippen LogP contribution in [0, 0.1) is 0 Å². The van der Waals surface area contributed by atoms with E-state index in [4.69, 9.17) is 9.05 Å². The van der Waals surface area contributed by atoms with Crippen LogP contribution < -0.4 is 5.32 Å². The molecule has 0 saturated carbocycles. The Balaban J connectivity index is 1.51. The van der Waals surface area contributed by atoms with Gasteiger partial charge < -0.3 is 24.2 Å². The van der Waals surface area contributed by atoms with Gasteiger partial charge in [-0.3, -0.25) is 18.9 Å². The Hall–Kier alpha value is -2.62. The number of likely N-dealkylation sites (N-methyl/N-ethyl adjacent to an activating group) is 1. The predicted octanol–water partition coefficient (Wildman–Crippen LogP) is 15.8. The number of unbranched alkanes of at least 4 members (excludes halogenated alkanes) is 26. The molecule has 2 heterocycles. The van der Waals surface area contributed by atoms with Crippen molar-refractivity contribution in [1.82, 2.24) is 15.1 Å². The molecule has 0 bridgehead atoms. The molecule has 0 unspecified atom stereocenters. The highest BCUT2D eigenvalue weighted by Crippen LogP contribution is 2.67. The second-order valence-corrected chi connectivity index (χ2v) is 21.9. The van der Waals surface area contributed by atoms with Gasteiger partial charge in [0.25, 0.3) is 0 Å². The molecule has 2 saturated heterocycles. The molecule has 0 aromatic heterocycles. The third kappa shape index (κ3) is 21.8. The van der Waals surface area contributed by atoms with Crippen LogP contribution in [0.15, 0.2) is 30.3 Å². The molecule has 0 spiro atoms. The van der Waals surface area contributed by atoms with Crippen molar-refractivity contribution >= 4 is 31.4 Å². The number of benzene rings is 1. The zero-order valence-electron chi connectivity index (χ0n) is 43.4. The van der Waals surface area contributed by atoms with Crippen LogP contribution in [0.5, 0.6) is 0 Å². The summed E-state index contributed by atoms with van der Waals surface area (Å²) in [5.41, 5.74) is -3.86. The lowest BCUT2D eigenvalue weighted by Gasteiger charge is -2.33. The summed E-state index contributed by atoms with van der Waals surface area (Å²) in [4.78, 5) is 43.7. The van der Waals surface area contributed by atoms with Gasteiger partial charge >= 0.3 is 13.3 Å². The molecule has 1 N–H and O–H groups in total. The summed E-state index contributed by atoms with van der Waals surface area (Å²) in [7, 11) is -4.90. The molecule has 3 rings (SSSR count). The number of fused-ring (bicyclic) bond motifs is 1. The maximum Gasteiger partial charge on any atom is 0.404 e. The van der Waals surface area contributed by atoms with Gasteiger partial charge in [0.1, 0.15) is 12.1 Å². The van der Waals surface area contributed by atoms with Crippen molar-refractivity contribution in [3.63, 3.8) is 0 Å². The lowest BCUT2D eigenvalue weighted by Crippen LogP contribution is -2.55. The smallest absolute Gasteiger partial charge is 0.341 e. The van der Waals surface area contributed by atoms with Gasteiger partial charge in [0.2, 0.25) is 17.7 Å². The number of amides is 3. The topological polar surface area (TPSA) is 105 Å². The average molecular weight is 976 g/mol. The molecule has 3 amide bonds. The number of alkyl halides is 2. The number of hydrogen-bond acceptors (Lipinski definition) is 6. The highest BCUT2D eigenvalue weighted by atomic mass is 31.2. The van der Waals surface area contributed by atoms with E-state index in [9.17, 15) is 18.9 Å². The lowest BCUT2D eigenvalue weighted by atomic mass is 10.0. The van der Waals surface area contributed by atoms with E-state index in [1.54, 1.807) is 9.80 Å². The Kier molecular flexibility index (Phi) is 31.1. The predicted molar refractivity (Wildman–Crippen MR) is 277 cm³/mol. The largest absolute Gasteiger partial charge is 0.404 e. The number of nitrogens with one attached hydrogen (secondary N) is 1. The van der Waals surface area contributed by atoms with Gasteiger partial charge in [0.15, 0.2) is 0 Å². The molecule has 3 atom stereocenters. The second kappa shape index (κ2) is 35.5. The summed E-state index contributed by atoms with van der Waals surface area (Å²) in [6.45, 7) is 9.37. The minimum absolute atomic E-state index is 0.0136. The second-order valence-electron chi connectivity index (χ2n) is 19.8. The van der Waals surface area contributed by atoms with Crippen LogP contribution in [-0.2, 0) is 33.7 Å². The third-order valence-corrected chi connectivity index (χ3v) is 16.3. The van der Waals surface area contributed by atoms with E-state index in [0.717, 1.165) is 57.8 Å². The van der Waals surface area contributed by atoms with Gasteiger partial charge in [0, 0.05) is 30.8 Å². The van der Waals surface area contributed by atoms with Crippen molar-refractivity contribution in [2.24, 2.45) is 0 Å². The normalized spacial score (nSPS) is 17.8. The van der Waals surface area contributed by atoms with E-state index in [2.05, 4.69) is 19.2 Å². The molecule has 0 aliphatic carbocycles. The van der Waals surface area contributed by atoms with Crippen molar-refractivity contribution in [2.45, 2.75) is 263 Å². The van der Waals surface area contributed by atoms with E-state index >= 15 is 8.78 Å². The number of hydrogen-bond donors (Lipinski definition) is 1. The van der Waals surface area contributed by atoms with E-state index in [1.807, 2.05) is 13.8 Å². The van der Waals surface area contributed by atoms with E-state index in [1.165, 1.54) is 165 Å². The Morgan fingerprint density at radius 3 is 1.50 bits per heavy atom. The quantitative estimate of drug-likeness (QED) is 0.0399. The van der Waals surface area contributed by atoms with Crippen LogP contribution in [-0.4, -0.2) is 72.0 Å². The van der Waals surface area contributed by atoms with E-state index in [0.29, 0.717) is 44.3 Å². The first kappa shape index (κ1) is 59.7. The standard InChI is InChI=1S/C56H96F2N3O6P/c1-5-9-11-13-15-17-19-21-23-25-27-29-31-33-46-66-68(65,67-47-34-32-30-28-26-24-22-20-18-16-14-12-10-6-2)56(57,58)49-41-38-48(39-42-49)40-45-53(62)59-51-37-35-36-50-43-44-52(61(50)54(51)63)55(64)60(7-3)8-4/h38-42,45,50-52H,5-37,43-44,46-47H2,1-4H3,(H,59,62)/b45-40+/t50-,51-,52-/m0/s1. The minimum atomic E-state index is -4.90.